The Morgan fingerprint density at radius 3 is 1.37 bits per heavy atom. The van der Waals surface area contributed by atoms with Crippen LogP contribution in [0.5, 0.6) is 0 Å². The number of aliphatic hydroxyl groups is 2. The SMILES string of the molecule is CCCOC1C(O)C(O)C(OP(=O)(O)O)C(OP(=O)(O)O)C1OP(=O)(O)O. The lowest BCUT2D eigenvalue weighted by Crippen LogP contribution is -2.65. The van der Waals surface area contributed by atoms with E-state index < -0.39 is 60.1 Å². The van der Waals surface area contributed by atoms with Gasteiger partial charge in [-0.25, -0.2) is 13.7 Å². The van der Waals surface area contributed by atoms with Crippen LogP contribution in [0.15, 0.2) is 0 Å². The standard InChI is InChI=1S/C9H21O15P3/c1-2-3-21-6-4(10)5(11)7(22-25(12,13)14)9(24-27(18,19)20)8(6)23-26(15,16)17/h4-11H,2-3H2,1H3,(H2,12,13,14)(H2,15,16,17)(H2,18,19,20). The molecule has 1 fully saturated rings. The van der Waals surface area contributed by atoms with Crippen LogP contribution in [0.25, 0.3) is 0 Å². The average molecular weight is 462 g/mol. The van der Waals surface area contributed by atoms with Crippen molar-refractivity contribution < 1.29 is 71.6 Å². The largest absolute Gasteiger partial charge is 0.470 e. The molecule has 6 unspecified atom stereocenters. The van der Waals surface area contributed by atoms with Gasteiger partial charge < -0.3 is 44.3 Å². The Labute approximate surface area is 152 Å². The monoisotopic (exact) mass is 462 g/mol. The zero-order valence-electron chi connectivity index (χ0n) is 13.7. The highest BCUT2D eigenvalue weighted by Gasteiger charge is 2.57. The van der Waals surface area contributed by atoms with Gasteiger partial charge in [-0.2, -0.15) is 0 Å². The van der Waals surface area contributed by atoms with E-state index in [1.807, 2.05) is 0 Å². The predicted molar refractivity (Wildman–Crippen MR) is 82.8 cm³/mol. The lowest BCUT2D eigenvalue weighted by Gasteiger charge is -2.46. The Hall–Kier alpha value is 0.210. The van der Waals surface area contributed by atoms with Gasteiger partial charge in [-0.1, -0.05) is 6.92 Å². The topological polar surface area (TPSA) is 250 Å². The number of phosphoric ester groups is 3. The third-order valence-corrected chi connectivity index (χ3v) is 4.84. The van der Waals surface area contributed by atoms with Gasteiger partial charge in [0.05, 0.1) is 0 Å². The first-order valence-electron chi connectivity index (χ1n) is 7.25. The van der Waals surface area contributed by atoms with Gasteiger partial charge in [0.1, 0.15) is 36.6 Å². The highest BCUT2D eigenvalue weighted by Crippen LogP contribution is 2.50. The second-order valence-electron chi connectivity index (χ2n) is 5.50. The van der Waals surface area contributed by atoms with Gasteiger partial charge in [0, 0.05) is 6.61 Å². The van der Waals surface area contributed by atoms with Crippen molar-refractivity contribution in [1.29, 1.82) is 0 Å². The van der Waals surface area contributed by atoms with Crippen LogP contribution in [0.4, 0.5) is 0 Å². The molecule has 0 radical (unpaired) electrons. The number of rotatable bonds is 9. The van der Waals surface area contributed by atoms with Crippen molar-refractivity contribution in [2.24, 2.45) is 0 Å². The maximum Gasteiger partial charge on any atom is 0.470 e. The van der Waals surface area contributed by atoms with Gasteiger partial charge in [0.15, 0.2) is 0 Å². The van der Waals surface area contributed by atoms with Crippen molar-refractivity contribution >= 4 is 23.5 Å². The van der Waals surface area contributed by atoms with E-state index in [9.17, 15) is 23.9 Å². The lowest BCUT2D eigenvalue weighted by molar-refractivity contribution is -0.225. The lowest BCUT2D eigenvalue weighted by atomic mass is 9.85. The van der Waals surface area contributed by atoms with Crippen LogP contribution in [-0.2, 0) is 32.0 Å². The van der Waals surface area contributed by atoms with Crippen molar-refractivity contribution in [3.63, 3.8) is 0 Å². The average Bonchev–Trinajstić information content (AvgIpc) is 2.44. The molecule has 0 spiro atoms. The minimum absolute atomic E-state index is 0.137. The molecular weight excluding hydrogens is 441 g/mol. The third-order valence-electron chi connectivity index (χ3n) is 3.29. The molecule has 18 heteroatoms. The molecule has 0 heterocycles. The quantitative estimate of drug-likeness (QED) is 0.172. The fourth-order valence-corrected chi connectivity index (χ4v) is 4.11. The van der Waals surface area contributed by atoms with Crippen LogP contribution in [0, 0.1) is 0 Å². The van der Waals surface area contributed by atoms with E-state index >= 15 is 0 Å². The van der Waals surface area contributed by atoms with Crippen LogP contribution in [0.1, 0.15) is 13.3 Å². The van der Waals surface area contributed by atoms with Crippen molar-refractivity contribution in [2.45, 2.75) is 50.0 Å². The highest BCUT2D eigenvalue weighted by molar-refractivity contribution is 7.47. The third kappa shape index (κ3) is 8.23. The molecule has 8 N–H and O–H groups in total. The summed E-state index contributed by atoms with van der Waals surface area (Å²) in [5, 5.41) is 20.2. The van der Waals surface area contributed by atoms with Crippen LogP contribution < -0.4 is 0 Å². The first kappa shape index (κ1) is 25.2. The van der Waals surface area contributed by atoms with E-state index in [0.29, 0.717) is 6.42 Å². The molecule has 6 atom stereocenters. The summed E-state index contributed by atoms with van der Waals surface area (Å²) in [5.74, 6) is 0. The minimum Gasteiger partial charge on any atom is -0.387 e. The summed E-state index contributed by atoms with van der Waals surface area (Å²) < 4.78 is 51.6. The molecule has 162 valence electrons. The van der Waals surface area contributed by atoms with Crippen molar-refractivity contribution in [2.75, 3.05) is 6.61 Å². The Kier molecular flexibility index (Phi) is 8.74. The van der Waals surface area contributed by atoms with E-state index in [0.717, 1.165) is 0 Å². The summed E-state index contributed by atoms with van der Waals surface area (Å²) in [5.41, 5.74) is 0. The maximum atomic E-state index is 11.2. The van der Waals surface area contributed by atoms with Gasteiger partial charge in [-0.15, -0.1) is 0 Å². The second-order valence-corrected chi connectivity index (χ2v) is 9.07. The summed E-state index contributed by atoms with van der Waals surface area (Å²) in [6.45, 7) is 1.48. The molecule has 1 aliphatic rings. The fraction of sp³-hybridized carbons (Fsp3) is 1.00. The molecule has 0 amide bonds. The maximum absolute atomic E-state index is 11.2. The van der Waals surface area contributed by atoms with Crippen LogP contribution in [0.2, 0.25) is 0 Å². The molecule has 1 aliphatic carbocycles. The van der Waals surface area contributed by atoms with Crippen LogP contribution in [-0.4, -0.2) is 82.8 Å². The van der Waals surface area contributed by atoms with Crippen LogP contribution in [0.3, 0.4) is 0 Å². The Morgan fingerprint density at radius 2 is 1.00 bits per heavy atom. The molecular formula is C9H21O15P3. The van der Waals surface area contributed by atoms with Gasteiger partial charge >= 0.3 is 23.5 Å². The van der Waals surface area contributed by atoms with Crippen molar-refractivity contribution in [1.82, 2.24) is 0 Å². The van der Waals surface area contributed by atoms with E-state index in [2.05, 4.69) is 13.6 Å². The molecule has 0 bridgehead atoms. The predicted octanol–water partition coefficient (Wildman–Crippen LogP) is -2.05. The van der Waals surface area contributed by atoms with E-state index in [1.54, 1.807) is 6.92 Å². The summed E-state index contributed by atoms with van der Waals surface area (Å²) in [6.07, 6.45) is -12.6. The van der Waals surface area contributed by atoms with Crippen molar-refractivity contribution in [3.05, 3.63) is 0 Å². The molecule has 27 heavy (non-hydrogen) atoms. The Morgan fingerprint density at radius 1 is 0.667 bits per heavy atom. The summed E-state index contributed by atoms with van der Waals surface area (Å²) in [6, 6.07) is 0. The highest BCUT2D eigenvalue weighted by atomic mass is 31.2. The fourth-order valence-electron chi connectivity index (χ4n) is 2.44. The van der Waals surface area contributed by atoms with Crippen LogP contribution >= 0.6 is 23.5 Å². The van der Waals surface area contributed by atoms with Gasteiger partial charge in [0.2, 0.25) is 0 Å². The molecule has 0 saturated heterocycles. The second kappa shape index (κ2) is 9.35. The van der Waals surface area contributed by atoms with Gasteiger partial charge in [-0.05, 0) is 6.42 Å². The molecule has 0 aliphatic heterocycles. The minimum atomic E-state index is -5.45. The first-order valence-corrected chi connectivity index (χ1v) is 11.8. The van der Waals surface area contributed by atoms with E-state index in [-0.39, 0.29) is 6.61 Å². The molecule has 15 nitrogen and oxygen atoms in total. The van der Waals surface area contributed by atoms with Gasteiger partial charge in [0.25, 0.3) is 0 Å². The Balaban J connectivity index is 3.41. The van der Waals surface area contributed by atoms with E-state index in [1.165, 1.54) is 0 Å². The normalized spacial score (nSPS) is 33.2. The summed E-state index contributed by atoms with van der Waals surface area (Å²) >= 11 is 0. The number of phosphoric acid groups is 3. The summed E-state index contributed by atoms with van der Waals surface area (Å²) in [4.78, 5) is 54.0. The molecule has 0 aromatic rings. The van der Waals surface area contributed by atoms with Crippen molar-refractivity contribution in [3.8, 4) is 0 Å². The van der Waals surface area contributed by atoms with Gasteiger partial charge in [-0.3, -0.25) is 13.6 Å². The Bertz CT molecular complexity index is 622. The zero-order chi connectivity index (χ0) is 21.2. The molecule has 0 aromatic carbocycles. The molecule has 1 rings (SSSR count). The number of hydrogen-bond acceptors (Lipinski definition) is 9. The number of ether oxygens (including phenoxy) is 1. The first-order chi connectivity index (χ1) is 12.1. The molecule has 0 aromatic heterocycles. The van der Waals surface area contributed by atoms with E-state index in [4.69, 9.17) is 34.1 Å². The number of aliphatic hydroxyl groups excluding tert-OH is 2. The number of hydrogen-bond donors (Lipinski definition) is 8. The zero-order valence-corrected chi connectivity index (χ0v) is 16.3. The summed E-state index contributed by atoms with van der Waals surface area (Å²) in [7, 11) is -16.3. The molecule has 1 saturated carbocycles. The smallest absolute Gasteiger partial charge is 0.387 e.